The minimum atomic E-state index is 0.187. The second kappa shape index (κ2) is 4.93. The molecule has 0 aliphatic carbocycles. The maximum Gasteiger partial charge on any atom is 0.0401 e. The number of hydrogen-bond donors (Lipinski definition) is 0. The van der Waals surface area contributed by atoms with Gasteiger partial charge in [-0.25, -0.2) is 0 Å². The first kappa shape index (κ1) is 12.8. The van der Waals surface area contributed by atoms with E-state index in [4.69, 9.17) is 0 Å². The normalized spacial score (nSPS) is 11.6. The molecule has 0 amide bonds. The summed E-state index contributed by atoms with van der Waals surface area (Å²) in [5, 5.41) is 0. The zero-order valence-corrected chi connectivity index (χ0v) is 11.7. The first-order chi connectivity index (χ1) is 8.50. The third-order valence-corrected chi connectivity index (χ3v) is 3.25. The van der Waals surface area contributed by atoms with Crippen molar-refractivity contribution in [1.82, 2.24) is 4.98 Å². The molecule has 1 nitrogen and oxygen atoms in total. The quantitative estimate of drug-likeness (QED) is 0.746. The van der Waals surface area contributed by atoms with Crippen molar-refractivity contribution >= 4 is 0 Å². The van der Waals surface area contributed by atoms with Crippen molar-refractivity contribution < 1.29 is 0 Å². The minimum Gasteiger partial charge on any atom is -0.261 e. The van der Waals surface area contributed by atoms with Crippen LogP contribution >= 0.6 is 0 Å². The fourth-order valence-corrected chi connectivity index (χ4v) is 1.97. The second-order valence-corrected chi connectivity index (χ2v) is 5.72. The van der Waals surface area contributed by atoms with Gasteiger partial charge in [-0.1, -0.05) is 58.0 Å². The van der Waals surface area contributed by atoms with E-state index in [0.717, 1.165) is 12.1 Å². The van der Waals surface area contributed by atoms with Gasteiger partial charge in [-0.2, -0.15) is 0 Å². The zero-order chi connectivity index (χ0) is 13.2. The highest BCUT2D eigenvalue weighted by molar-refractivity contribution is 5.63. The molecule has 1 aromatic heterocycles. The molecule has 94 valence electrons. The lowest BCUT2D eigenvalue weighted by atomic mass is 9.85. The van der Waals surface area contributed by atoms with E-state index in [9.17, 15) is 0 Å². The Morgan fingerprint density at radius 2 is 1.78 bits per heavy atom. The van der Waals surface area contributed by atoms with Crippen LogP contribution in [0.15, 0.2) is 42.6 Å². The Balaban J connectivity index is 2.38. The molecule has 0 bridgehead atoms. The molecule has 1 heterocycles. The topological polar surface area (TPSA) is 12.9 Å². The summed E-state index contributed by atoms with van der Waals surface area (Å²) < 4.78 is 0. The molecule has 1 aromatic carbocycles. The van der Waals surface area contributed by atoms with Gasteiger partial charge in [0.25, 0.3) is 0 Å². The minimum absolute atomic E-state index is 0.187. The van der Waals surface area contributed by atoms with E-state index in [2.05, 4.69) is 69.1 Å². The van der Waals surface area contributed by atoms with Crippen molar-refractivity contribution in [2.45, 2.75) is 39.5 Å². The second-order valence-electron chi connectivity index (χ2n) is 5.72. The molecule has 0 aliphatic rings. The first-order valence-electron chi connectivity index (χ1n) is 6.56. The fourth-order valence-electron chi connectivity index (χ4n) is 1.97. The number of pyridine rings is 1. The van der Waals surface area contributed by atoms with Crippen molar-refractivity contribution in [1.29, 1.82) is 0 Å². The summed E-state index contributed by atoms with van der Waals surface area (Å²) in [5.74, 6) is 0. The van der Waals surface area contributed by atoms with Crippen molar-refractivity contribution in [2.24, 2.45) is 0 Å². The Labute approximate surface area is 110 Å². The lowest BCUT2D eigenvalue weighted by molar-refractivity contribution is 0.590. The van der Waals surface area contributed by atoms with Gasteiger partial charge in [0, 0.05) is 17.5 Å². The highest BCUT2D eigenvalue weighted by atomic mass is 14.7. The van der Waals surface area contributed by atoms with Crippen molar-refractivity contribution in [3.63, 3.8) is 0 Å². The molecule has 2 aromatic rings. The van der Waals surface area contributed by atoms with E-state index < -0.39 is 0 Å². The largest absolute Gasteiger partial charge is 0.261 e. The Kier molecular flexibility index (Phi) is 3.51. The summed E-state index contributed by atoms with van der Waals surface area (Å²) in [7, 11) is 0. The SMILES string of the molecule is CCc1ccc(-c2cccc(C(C)(C)C)c2)cn1. The molecule has 0 unspecified atom stereocenters. The summed E-state index contributed by atoms with van der Waals surface area (Å²) in [5.41, 5.74) is 5.13. The number of aromatic nitrogens is 1. The molecular formula is C17H21N. The molecule has 0 fully saturated rings. The van der Waals surface area contributed by atoms with E-state index in [1.165, 1.54) is 16.7 Å². The molecule has 1 heteroatoms. The zero-order valence-electron chi connectivity index (χ0n) is 11.7. The van der Waals surface area contributed by atoms with Crippen LogP contribution in [-0.4, -0.2) is 4.98 Å². The predicted molar refractivity (Wildman–Crippen MR) is 77.8 cm³/mol. The van der Waals surface area contributed by atoms with E-state index >= 15 is 0 Å². The maximum absolute atomic E-state index is 4.47. The number of benzene rings is 1. The Morgan fingerprint density at radius 1 is 1.00 bits per heavy atom. The van der Waals surface area contributed by atoms with Crippen LogP contribution in [0, 0.1) is 0 Å². The third-order valence-electron chi connectivity index (χ3n) is 3.25. The summed E-state index contributed by atoms with van der Waals surface area (Å²) in [6, 6.07) is 13.0. The summed E-state index contributed by atoms with van der Waals surface area (Å²) in [6.45, 7) is 8.85. The molecule has 0 radical (unpaired) electrons. The number of aryl methyl sites for hydroxylation is 1. The summed E-state index contributed by atoms with van der Waals surface area (Å²) in [4.78, 5) is 4.47. The Morgan fingerprint density at radius 3 is 2.33 bits per heavy atom. The van der Waals surface area contributed by atoms with E-state index in [1.54, 1.807) is 0 Å². The average Bonchev–Trinajstić information content (AvgIpc) is 2.38. The van der Waals surface area contributed by atoms with Crippen LogP contribution in [-0.2, 0) is 11.8 Å². The van der Waals surface area contributed by atoms with Gasteiger partial charge in [-0.05, 0) is 29.0 Å². The molecule has 0 saturated carbocycles. The lowest BCUT2D eigenvalue weighted by Gasteiger charge is -2.19. The standard InChI is InChI=1S/C17H21N/c1-5-16-10-9-14(12-18-16)13-7-6-8-15(11-13)17(2,3)4/h6-12H,5H2,1-4H3. The van der Waals surface area contributed by atoms with Crippen LogP contribution < -0.4 is 0 Å². The van der Waals surface area contributed by atoms with E-state index in [0.29, 0.717) is 0 Å². The van der Waals surface area contributed by atoms with Crippen molar-refractivity contribution in [3.8, 4) is 11.1 Å². The van der Waals surface area contributed by atoms with E-state index in [-0.39, 0.29) is 5.41 Å². The fraction of sp³-hybridized carbons (Fsp3) is 0.353. The van der Waals surface area contributed by atoms with Crippen LogP contribution in [0.3, 0.4) is 0 Å². The highest BCUT2D eigenvalue weighted by Crippen LogP contribution is 2.27. The Bertz CT molecular complexity index is 518. The third kappa shape index (κ3) is 2.79. The first-order valence-corrected chi connectivity index (χ1v) is 6.56. The molecule has 0 spiro atoms. The van der Waals surface area contributed by atoms with Gasteiger partial charge in [0.2, 0.25) is 0 Å². The molecule has 0 saturated heterocycles. The van der Waals surface area contributed by atoms with Gasteiger partial charge in [0.1, 0.15) is 0 Å². The van der Waals surface area contributed by atoms with Crippen LogP contribution in [0.5, 0.6) is 0 Å². The molecule has 18 heavy (non-hydrogen) atoms. The number of hydrogen-bond acceptors (Lipinski definition) is 1. The monoisotopic (exact) mass is 239 g/mol. The highest BCUT2D eigenvalue weighted by Gasteiger charge is 2.13. The van der Waals surface area contributed by atoms with Gasteiger partial charge in [-0.15, -0.1) is 0 Å². The van der Waals surface area contributed by atoms with Crippen LogP contribution in [0.1, 0.15) is 39.0 Å². The number of nitrogens with zero attached hydrogens (tertiary/aromatic N) is 1. The van der Waals surface area contributed by atoms with Gasteiger partial charge >= 0.3 is 0 Å². The maximum atomic E-state index is 4.47. The molecule has 0 N–H and O–H groups in total. The van der Waals surface area contributed by atoms with Crippen LogP contribution in [0.4, 0.5) is 0 Å². The van der Waals surface area contributed by atoms with Gasteiger partial charge in [0.15, 0.2) is 0 Å². The summed E-state index contributed by atoms with van der Waals surface area (Å²) in [6.07, 6.45) is 2.96. The van der Waals surface area contributed by atoms with Crippen molar-refractivity contribution in [3.05, 3.63) is 53.9 Å². The lowest BCUT2D eigenvalue weighted by Crippen LogP contribution is -2.10. The smallest absolute Gasteiger partial charge is 0.0401 e. The predicted octanol–water partition coefficient (Wildman–Crippen LogP) is 4.61. The van der Waals surface area contributed by atoms with Gasteiger partial charge in [-0.3, -0.25) is 4.98 Å². The van der Waals surface area contributed by atoms with Gasteiger partial charge in [0.05, 0.1) is 0 Å². The van der Waals surface area contributed by atoms with Crippen LogP contribution in [0.25, 0.3) is 11.1 Å². The Hall–Kier alpha value is -1.63. The van der Waals surface area contributed by atoms with E-state index in [1.807, 2.05) is 6.20 Å². The molecule has 0 aliphatic heterocycles. The number of rotatable bonds is 2. The van der Waals surface area contributed by atoms with Crippen LogP contribution in [0.2, 0.25) is 0 Å². The molecule has 0 atom stereocenters. The average molecular weight is 239 g/mol. The molecular weight excluding hydrogens is 218 g/mol. The summed E-state index contributed by atoms with van der Waals surface area (Å²) >= 11 is 0. The molecule has 2 rings (SSSR count). The van der Waals surface area contributed by atoms with Crippen molar-refractivity contribution in [2.75, 3.05) is 0 Å². The van der Waals surface area contributed by atoms with Gasteiger partial charge < -0.3 is 0 Å².